The highest BCUT2D eigenvalue weighted by molar-refractivity contribution is 5.86. The van der Waals surface area contributed by atoms with E-state index >= 15 is 0 Å². The van der Waals surface area contributed by atoms with E-state index in [-0.39, 0.29) is 66.5 Å². The SMILES string of the molecule is COc1cc(C(F)(F)F)cc2c1OCN(C(=O)[C@@]1(C3CC3)CC[C@@H](N3CCC(c4ccc(F)cc4)[C@H](C(=O)O)C3)CO1)C2. The number of likely N-dealkylation sites (tertiary alicyclic amines) is 1. The minimum atomic E-state index is -4.58. The normalized spacial score (nSPS) is 28.1. The van der Waals surface area contributed by atoms with Crippen molar-refractivity contribution in [2.24, 2.45) is 11.8 Å². The number of hydrogen-bond donors (Lipinski definition) is 1. The molecule has 6 rings (SSSR count). The van der Waals surface area contributed by atoms with Gasteiger partial charge in [-0.15, -0.1) is 0 Å². The van der Waals surface area contributed by atoms with Crippen LogP contribution in [-0.2, 0) is 27.0 Å². The summed E-state index contributed by atoms with van der Waals surface area (Å²) in [6.45, 7) is 1.01. The molecular formula is C31H34F4N2O6. The van der Waals surface area contributed by atoms with Crippen molar-refractivity contribution in [2.45, 2.75) is 62.4 Å². The standard InChI is InChI=1S/C31H34F4N2O6/c1-41-26-13-21(31(33,34)35)12-19-14-37(17-42-27(19)26)29(40)30(20-4-5-20)10-8-23(16-43-30)36-11-9-24(25(15-36)28(38)39)18-2-6-22(32)7-3-18/h2-3,6-7,12-13,20,23-25H,4-5,8-11,14-17H2,1H3,(H,38,39)/t23-,24?,25-,30+/m1/s1. The molecule has 0 aromatic heterocycles. The number of alkyl halides is 3. The van der Waals surface area contributed by atoms with Crippen molar-refractivity contribution in [3.05, 3.63) is 58.9 Å². The number of nitrogens with zero attached hydrogens (tertiary/aromatic N) is 2. The molecule has 3 heterocycles. The van der Waals surface area contributed by atoms with E-state index < -0.39 is 29.2 Å². The van der Waals surface area contributed by atoms with Crippen molar-refractivity contribution >= 4 is 11.9 Å². The molecular weight excluding hydrogens is 572 g/mol. The largest absolute Gasteiger partial charge is 0.493 e. The molecule has 43 heavy (non-hydrogen) atoms. The Hall–Kier alpha value is -3.38. The van der Waals surface area contributed by atoms with E-state index in [0.717, 1.165) is 30.5 Å². The first kappa shape index (κ1) is 29.7. The van der Waals surface area contributed by atoms with Gasteiger partial charge in [0.25, 0.3) is 5.91 Å². The summed E-state index contributed by atoms with van der Waals surface area (Å²) < 4.78 is 71.4. The van der Waals surface area contributed by atoms with Crippen molar-refractivity contribution in [1.29, 1.82) is 0 Å². The molecule has 2 aromatic rings. The molecule has 1 amide bonds. The molecule has 4 atom stereocenters. The molecule has 232 valence electrons. The number of benzene rings is 2. The number of amides is 1. The molecule has 0 spiro atoms. The zero-order chi connectivity index (χ0) is 30.5. The zero-order valence-electron chi connectivity index (χ0n) is 23.7. The molecule has 1 aliphatic carbocycles. The second-order valence-electron chi connectivity index (χ2n) is 12.0. The Morgan fingerprint density at radius 3 is 2.44 bits per heavy atom. The van der Waals surface area contributed by atoms with Crippen LogP contribution in [0.4, 0.5) is 17.6 Å². The number of carbonyl (C=O) groups is 2. The molecule has 4 aliphatic rings. The molecule has 1 unspecified atom stereocenters. The Kier molecular flexibility index (Phi) is 7.78. The molecule has 3 aliphatic heterocycles. The number of fused-ring (bicyclic) bond motifs is 1. The number of aliphatic carboxylic acids is 1. The summed E-state index contributed by atoms with van der Waals surface area (Å²) in [6, 6.07) is 7.80. The summed E-state index contributed by atoms with van der Waals surface area (Å²) in [7, 11) is 1.27. The van der Waals surface area contributed by atoms with E-state index in [1.54, 1.807) is 12.1 Å². The summed E-state index contributed by atoms with van der Waals surface area (Å²) in [5.41, 5.74) is -0.953. The smallest absolute Gasteiger partial charge is 0.416 e. The molecule has 1 saturated carbocycles. The lowest BCUT2D eigenvalue weighted by Gasteiger charge is -2.47. The Morgan fingerprint density at radius 1 is 1.09 bits per heavy atom. The molecule has 1 N–H and O–H groups in total. The summed E-state index contributed by atoms with van der Waals surface area (Å²) >= 11 is 0. The first-order valence-corrected chi connectivity index (χ1v) is 14.6. The number of ether oxygens (including phenoxy) is 3. The average molecular weight is 607 g/mol. The molecule has 12 heteroatoms. The van der Waals surface area contributed by atoms with Crippen LogP contribution in [0.3, 0.4) is 0 Å². The Bertz CT molecular complexity index is 1370. The summed E-state index contributed by atoms with van der Waals surface area (Å²) in [5, 5.41) is 10.0. The molecule has 8 nitrogen and oxygen atoms in total. The maximum absolute atomic E-state index is 14.0. The van der Waals surface area contributed by atoms with Gasteiger partial charge in [0.2, 0.25) is 0 Å². The van der Waals surface area contributed by atoms with Gasteiger partial charge in [-0.05, 0) is 80.3 Å². The summed E-state index contributed by atoms with van der Waals surface area (Å²) in [6.07, 6.45) is -1.31. The van der Waals surface area contributed by atoms with Gasteiger partial charge >= 0.3 is 12.1 Å². The van der Waals surface area contributed by atoms with Crippen LogP contribution in [0.15, 0.2) is 36.4 Å². The second kappa shape index (κ2) is 11.3. The van der Waals surface area contributed by atoms with Gasteiger partial charge in [0, 0.05) is 18.2 Å². The van der Waals surface area contributed by atoms with E-state index in [1.165, 1.54) is 24.1 Å². The van der Waals surface area contributed by atoms with Crippen LogP contribution < -0.4 is 9.47 Å². The summed E-state index contributed by atoms with van der Waals surface area (Å²) in [4.78, 5) is 29.8. The number of hydrogen-bond acceptors (Lipinski definition) is 6. The monoisotopic (exact) mass is 606 g/mol. The lowest BCUT2D eigenvalue weighted by atomic mass is 9.79. The first-order valence-electron chi connectivity index (χ1n) is 14.6. The van der Waals surface area contributed by atoms with Crippen molar-refractivity contribution in [1.82, 2.24) is 9.80 Å². The highest BCUT2D eigenvalue weighted by Gasteiger charge is 2.56. The fraction of sp³-hybridized carbons (Fsp3) is 0.548. The van der Waals surface area contributed by atoms with Crippen LogP contribution in [0, 0.1) is 17.7 Å². The molecule has 0 radical (unpaired) electrons. The highest BCUT2D eigenvalue weighted by Crippen LogP contribution is 2.49. The van der Waals surface area contributed by atoms with E-state index in [2.05, 4.69) is 4.90 Å². The van der Waals surface area contributed by atoms with Gasteiger partial charge in [-0.3, -0.25) is 14.5 Å². The number of carbonyl (C=O) groups excluding carboxylic acids is 1. The van der Waals surface area contributed by atoms with E-state index in [1.807, 2.05) is 0 Å². The molecule has 2 saturated heterocycles. The minimum absolute atomic E-state index is 0.00868. The van der Waals surface area contributed by atoms with Gasteiger partial charge in [0.15, 0.2) is 18.2 Å². The fourth-order valence-electron chi connectivity index (χ4n) is 7.00. The van der Waals surface area contributed by atoms with E-state index in [4.69, 9.17) is 14.2 Å². The van der Waals surface area contributed by atoms with Crippen LogP contribution in [0.25, 0.3) is 0 Å². The van der Waals surface area contributed by atoms with Crippen LogP contribution in [0.1, 0.15) is 54.7 Å². The minimum Gasteiger partial charge on any atom is -0.493 e. The Balaban J connectivity index is 1.15. The number of carboxylic acids is 1. The van der Waals surface area contributed by atoms with Gasteiger partial charge in [-0.2, -0.15) is 13.2 Å². The second-order valence-corrected chi connectivity index (χ2v) is 12.0. The molecule has 0 bridgehead atoms. The van der Waals surface area contributed by atoms with Gasteiger partial charge in [0.05, 0.1) is 31.7 Å². The van der Waals surface area contributed by atoms with Crippen LogP contribution >= 0.6 is 0 Å². The van der Waals surface area contributed by atoms with Gasteiger partial charge < -0.3 is 24.2 Å². The average Bonchev–Trinajstić information content (AvgIpc) is 3.86. The van der Waals surface area contributed by atoms with Crippen LogP contribution in [-0.4, -0.2) is 72.0 Å². The van der Waals surface area contributed by atoms with Crippen molar-refractivity contribution in [3.8, 4) is 11.5 Å². The van der Waals surface area contributed by atoms with Crippen molar-refractivity contribution < 1.29 is 46.5 Å². The topological polar surface area (TPSA) is 88.5 Å². The third-order valence-electron chi connectivity index (χ3n) is 9.45. The third-order valence-corrected chi connectivity index (χ3v) is 9.45. The number of halogens is 4. The maximum Gasteiger partial charge on any atom is 0.416 e. The van der Waals surface area contributed by atoms with Crippen molar-refractivity contribution in [3.63, 3.8) is 0 Å². The molecule has 3 fully saturated rings. The summed E-state index contributed by atoms with van der Waals surface area (Å²) in [5.74, 6) is -2.30. The maximum atomic E-state index is 14.0. The first-order chi connectivity index (χ1) is 20.5. The number of rotatable bonds is 6. The van der Waals surface area contributed by atoms with E-state index in [0.29, 0.717) is 32.4 Å². The Morgan fingerprint density at radius 2 is 1.84 bits per heavy atom. The van der Waals surface area contributed by atoms with E-state index in [9.17, 15) is 32.3 Å². The zero-order valence-corrected chi connectivity index (χ0v) is 23.7. The number of methoxy groups -OCH3 is 1. The third kappa shape index (κ3) is 5.66. The van der Waals surface area contributed by atoms with Gasteiger partial charge in [-0.1, -0.05) is 12.1 Å². The molecule has 2 aromatic carbocycles. The van der Waals surface area contributed by atoms with Gasteiger partial charge in [0.1, 0.15) is 11.4 Å². The highest BCUT2D eigenvalue weighted by atomic mass is 19.4. The predicted molar refractivity (Wildman–Crippen MR) is 145 cm³/mol. The predicted octanol–water partition coefficient (Wildman–Crippen LogP) is 5.05. The van der Waals surface area contributed by atoms with Crippen molar-refractivity contribution in [2.75, 3.05) is 33.5 Å². The van der Waals surface area contributed by atoms with Crippen LogP contribution in [0.5, 0.6) is 11.5 Å². The Labute approximate surface area is 246 Å². The lowest BCUT2D eigenvalue weighted by Crippen LogP contribution is -2.59. The van der Waals surface area contributed by atoms with Gasteiger partial charge in [-0.25, -0.2) is 4.39 Å². The number of carboxylic acid groups (broad SMARTS) is 1. The van der Waals surface area contributed by atoms with Crippen LogP contribution in [0.2, 0.25) is 0 Å². The number of piperidine rings is 1. The fourth-order valence-corrected chi connectivity index (χ4v) is 7.00. The lowest BCUT2D eigenvalue weighted by molar-refractivity contribution is -0.181. The quantitative estimate of drug-likeness (QED) is 0.461.